The molecule has 2 aromatic carbocycles. The van der Waals surface area contributed by atoms with Gasteiger partial charge in [0.05, 0.1) is 35.3 Å². The van der Waals surface area contributed by atoms with Gasteiger partial charge in [0.1, 0.15) is 11.5 Å². The van der Waals surface area contributed by atoms with Gasteiger partial charge >= 0.3 is 6.18 Å². The summed E-state index contributed by atoms with van der Waals surface area (Å²) in [6.07, 6.45) is -1.89. The van der Waals surface area contributed by atoms with Crippen LogP contribution in [0.15, 0.2) is 60.9 Å². The third-order valence-electron chi connectivity index (χ3n) is 4.42. The molecule has 0 radical (unpaired) electrons. The van der Waals surface area contributed by atoms with Crippen molar-refractivity contribution in [3.05, 3.63) is 77.9 Å². The fourth-order valence-electron chi connectivity index (χ4n) is 3.01. The van der Waals surface area contributed by atoms with E-state index in [1.807, 2.05) is 6.07 Å². The van der Waals surface area contributed by atoms with Crippen LogP contribution in [0.3, 0.4) is 0 Å². The molecule has 4 rings (SSSR count). The van der Waals surface area contributed by atoms with Gasteiger partial charge in [0.25, 0.3) is 0 Å². The quantitative estimate of drug-likeness (QED) is 0.481. The topological polar surface area (TPSA) is 96.8 Å². The molecule has 2 aromatic heterocycles. The number of nitrogens with zero attached hydrogens (tertiary/aromatic N) is 5. The van der Waals surface area contributed by atoms with Crippen LogP contribution in [0.1, 0.15) is 17.0 Å². The summed E-state index contributed by atoms with van der Waals surface area (Å²) in [6.45, 7) is 1.59. The molecule has 0 bridgehead atoms. The standard InChI is InChI=1S/C22H14F3N5O2/c1-13-28-18(15-3-2-4-16(8-15)22(23,24)25)9-21(29-13)32-20-7-14(10-26)5-6-19(20)30-12-17(31)11-27-30/h2-9,11-12,31H,1H3. The van der Waals surface area contributed by atoms with Crippen LogP contribution in [0.5, 0.6) is 17.4 Å². The third kappa shape index (κ3) is 4.37. The van der Waals surface area contributed by atoms with Crippen molar-refractivity contribution in [2.24, 2.45) is 0 Å². The minimum Gasteiger partial charge on any atom is -0.505 e. The van der Waals surface area contributed by atoms with Gasteiger partial charge in [-0.3, -0.25) is 0 Å². The summed E-state index contributed by atoms with van der Waals surface area (Å²) in [5.41, 5.74) is 0.424. The lowest BCUT2D eigenvalue weighted by Gasteiger charge is -2.13. The number of hydrogen-bond acceptors (Lipinski definition) is 6. The number of nitriles is 1. The van der Waals surface area contributed by atoms with E-state index in [1.165, 1.54) is 41.3 Å². The molecule has 32 heavy (non-hydrogen) atoms. The number of aromatic nitrogens is 4. The first-order valence-corrected chi connectivity index (χ1v) is 9.22. The number of benzene rings is 2. The second-order valence-corrected chi connectivity index (χ2v) is 6.76. The molecule has 160 valence electrons. The number of ether oxygens (including phenoxy) is 1. The molecule has 0 saturated carbocycles. The van der Waals surface area contributed by atoms with Crippen molar-refractivity contribution in [2.75, 3.05) is 0 Å². The highest BCUT2D eigenvalue weighted by molar-refractivity contribution is 5.62. The molecule has 4 aromatic rings. The normalized spacial score (nSPS) is 11.2. The molecule has 7 nitrogen and oxygen atoms in total. The highest BCUT2D eigenvalue weighted by atomic mass is 19.4. The van der Waals surface area contributed by atoms with Crippen LogP contribution < -0.4 is 4.74 Å². The zero-order valence-corrected chi connectivity index (χ0v) is 16.5. The van der Waals surface area contributed by atoms with Crippen LogP contribution in [0.4, 0.5) is 13.2 Å². The van der Waals surface area contributed by atoms with Crippen molar-refractivity contribution in [1.82, 2.24) is 19.7 Å². The van der Waals surface area contributed by atoms with E-state index in [-0.39, 0.29) is 34.5 Å². The Labute approximate surface area is 180 Å². The second kappa shape index (κ2) is 8.03. The SMILES string of the molecule is Cc1nc(Oc2cc(C#N)ccc2-n2cc(O)cn2)cc(-c2cccc(C(F)(F)F)c2)n1. The highest BCUT2D eigenvalue weighted by Crippen LogP contribution is 2.34. The van der Waals surface area contributed by atoms with E-state index in [9.17, 15) is 23.5 Å². The summed E-state index contributed by atoms with van der Waals surface area (Å²) >= 11 is 0. The molecule has 2 heterocycles. The van der Waals surface area contributed by atoms with Crippen LogP contribution in [0.2, 0.25) is 0 Å². The summed E-state index contributed by atoms with van der Waals surface area (Å²) in [5.74, 6) is 0.493. The van der Waals surface area contributed by atoms with Gasteiger partial charge in [-0.1, -0.05) is 12.1 Å². The van der Waals surface area contributed by atoms with Gasteiger partial charge in [-0.05, 0) is 31.2 Å². The predicted octanol–water partition coefficient (Wildman–Crippen LogP) is 5.03. The molecule has 0 aliphatic carbocycles. The number of alkyl halides is 3. The van der Waals surface area contributed by atoms with Crippen LogP contribution in [-0.4, -0.2) is 24.9 Å². The molecular formula is C22H14F3N5O2. The molecule has 0 saturated heterocycles. The molecule has 1 N–H and O–H groups in total. The zero-order valence-electron chi connectivity index (χ0n) is 16.5. The molecule has 0 unspecified atom stereocenters. The van der Waals surface area contributed by atoms with Crippen molar-refractivity contribution in [3.8, 4) is 40.4 Å². The molecule has 0 spiro atoms. The van der Waals surface area contributed by atoms with E-state index in [1.54, 1.807) is 19.1 Å². The van der Waals surface area contributed by atoms with Gasteiger partial charge in [-0.25, -0.2) is 9.67 Å². The van der Waals surface area contributed by atoms with Crippen molar-refractivity contribution < 1.29 is 23.0 Å². The Balaban J connectivity index is 1.76. The molecule has 0 atom stereocenters. The molecule has 0 aliphatic rings. The van der Waals surface area contributed by atoms with Crippen molar-refractivity contribution >= 4 is 0 Å². The molecule has 10 heteroatoms. The smallest absolute Gasteiger partial charge is 0.416 e. The number of aromatic hydroxyl groups is 1. The van der Waals surface area contributed by atoms with Gasteiger partial charge in [0.15, 0.2) is 11.5 Å². The fourth-order valence-corrected chi connectivity index (χ4v) is 3.01. The first kappa shape index (κ1) is 20.9. The van der Waals surface area contributed by atoms with Crippen LogP contribution >= 0.6 is 0 Å². The van der Waals surface area contributed by atoms with Gasteiger partial charge < -0.3 is 9.84 Å². The van der Waals surface area contributed by atoms with Crippen molar-refractivity contribution in [3.63, 3.8) is 0 Å². The third-order valence-corrected chi connectivity index (χ3v) is 4.42. The van der Waals surface area contributed by atoms with Crippen LogP contribution in [0.25, 0.3) is 16.9 Å². The first-order valence-electron chi connectivity index (χ1n) is 9.22. The maximum atomic E-state index is 13.1. The summed E-state index contributed by atoms with van der Waals surface area (Å²) in [4.78, 5) is 8.43. The number of rotatable bonds is 4. The fraction of sp³-hybridized carbons (Fsp3) is 0.0909. The second-order valence-electron chi connectivity index (χ2n) is 6.76. The van der Waals surface area contributed by atoms with Gasteiger partial charge in [0, 0.05) is 17.7 Å². The van der Waals surface area contributed by atoms with E-state index in [4.69, 9.17) is 4.74 Å². The summed E-state index contributed by atoms with van der Waals surface area (Å²) < 4.78 is 46.5. The molecule has 0 amide bonds. The van der Waals surface area contributed by atoms with Gasteiger partial charge in [-0.2, -0.15) is 28.5 Å². The Kier molecular flexibility index (Phi) is 5.24. The van der Waals surface area contributed by atoms with Crippen LogP contribution in [-0.2, 0) is 6.18 Å². The predicted molar refractivity (Wildman–Crippen MR) is 107 cm³/mol. The van der Waals surface area contributed by atoms with Crippen molar-refractivity contribution in [2.45, 2.75) is 13.1 Å². The molecule has 0 fully saturated rings. The van der Waals surface area contributed by atoms with Gasteiger partial charge in [0.2, 0.25) is 5.88 Å². The summed E-state index contributed by atoms with van der Waals surface area (Å²) in [7, 11) is 0. The van der Waals surface area contributed by atoms with E-state index >= 15 is 0 Å². The monoisotopic (exact) mass is 437 g/mol. The van der Waals surface area contributed by atoms with E-state index in [0.29, 0.717) is 11.3 Å². The molecular weight excluding hydrogens is 423 g/mol. The number of hydrogen-bond donors (Lipinski definition) is 1. The average Bonchev–Trinajstić information content (AvgIpc) is 3.18. The van der Waals surface area contributed by atoms with Gasteiger partial charge in [-0.15, -0.1) is 0 Å². The van der Waals surface area contributed by atoms with E-state index in [0.717, 1.165) is 12.1 Å². The number of halogens is 3. The minimum atomic E-state index is -4.49. The lowest BCUT2D eigenvalue weighted by molar-refractivity contribution is -0.137. The van der Waals surface area contributed by atoms with E-state index < -0.39 is 11.7 Å². The van der Waals surface area contributed by atoms with Crippen molar-refractivity contribution in [1.29, 1.82) is 5.26 Å². The molecule has 0 aliphatic heterocycles. The Hall–Kier alpha value is -4.39. The zero-order chi connectivity index (χ0) is 22.9. The Morgan fingerprint density at radius 3 is 2.59 bits per heavy atom. The lowest BCUT2D eigenvalue weighted by atomic mass is 10.1. The Bertz CT molecular complexity index is 1340. The van der Waals surface area contributed by atoms with E-state index in [2.05, 4.69) is 15.1 Å². The largest absolute Gasteiger partial charge is 0.505 e. The Morgan fingerprint density at radius 1 is 1.09 bits per heavy atom. The van der Waals surface area contributed by atoms with Crippen LogP contribution in [0, 0.1) is 18.3 Å². The maximum Gasteiger partial charge on any atom is 0.416 e. The minimum absolute atomic E-state index is 0.0648. The Morgan fingerprint density at radius 2 is 1.91 bits per heavy atom. The maximum absolute atomic E-state index is 13.1. The highest BCUT2D eigenvalue weighted by Gasteiger charge is 2.30. The summed E-state index contributed by atoms with van der Waals surface area (Å²) in [6, 6.07) is 12.8. The lowest BCUT2D eigenvalue weighted by Crippen LogP contribution is -2.05. The summed E-state index contributed by atoms with van der Waals surface area (Å²) in [5, 5.41) is 22.9. The average molecular weight is 437 g/mol. The number of aryl methyl sites for hydroxylation is 1. The first-order chi connectivity index (χ1) is 15.2.